The van der Waals surface area contributed by atoms with Crippen molar-refractivity contribution in [3.05, 3.63) is 11.6 Å². The lowest BCUT2D eigenvalue weighted by Gasteiger charge is -2.21. The number of hydrogen-bond acceptors (Lipinski definition) is 3. The Kier molecular flexibility index (Phi) is 3.28. The van der Waals surface area contributed by atoms with Gasteiger partial charge in [-0.25, -0.2) is 0 Å². The molecule has 0 spiro atoms. The van der Waals surface area contributed by atoms with Gasteiger partial charge >= 0.3 is 0 Å². The Hall–Kier alpha value is -0.900. The molecule has 90 valence electrons. The van der Waals surface area contributed by atoms with Crippen LogP contribution in [0.25, 0.3) is 0 Å². The molecular formula is C12H22N4. The molecule has 0 bridgehead atoms. The van der Waals surface area contributed by atoms with E-state index in [1.165, 1.54) is 25.7 Å². The third kappa shape index (κ3) is 1.98. The highest BCUT2D eigenvalue weighted by Crippen LogP contribution is 2.33. The molecule has 0 aliphatic heterocycles. The third-order valence-corrected chi connectivity index (χ3v) is 3.60. The van der Waals surface area contributed by atoms with Crippen LogP contribution in [-0.2, 0) is 0 Å². The van der Waals surface area contributed by atoms with Crippen LogP contribution in [0, 0.1) is 12.8 Å². The van der Waals surface area contributed by atoms with Gasteiger partial charge in [0.15, 0.2) is 0 Å². The molecule has 0 radical (unpaired) electrons. The van der Waals surface area contributed by atoms with Crippen LogP contribution >= 0.6 is 0 Å². The minimum atomic E-state index is 0.00167. The fourth-order valence-electron chi connectivity index (χ4n) is 2.52. The summed E-state index contributed by atoms with van der Waals surface area (Å²) < 4.78 is 2.28. The van der Waals surface area contributed by atoms with Gasteiger partial charge in [0.25, 0.3) is 0 Å². The number of rotatable bonds is 3. The van der Waals surface area contributed by atoms with E-state index in [0.29, 0.717) is 12.0 Å². The van der Waals surface area contributed by atoms with Crippen molar-refractivity contribution in [1.82, 2.24) is 14.8 Å². The molecule has 0 saturated heterocycles. The predicted molar refractivity (Wildman–Crippen MR) is 64.0 cm³/mol. The standard InChI is InChI=1S/C12H22N4/c1-8(2)11(13)12-15-14-9(3)16(12)10-6-4-5-7-10/h8,10-11H,4-7,13H2,1-3H3/t11-/m1/s1. The molecular weight excluding hydrogens is 200 g/mol. The highest BCUT2D eigenvalue weighted by atomic mass is 15.3. The smallest absolute Gasteiger partial charge is 0.150 e. The summed E-state index contributed by atoms with van der Waals surface area (Å²) in [4.78, 5) is 0. The molecule has 1 fully saturated rings. The van der Waals surface area contributed by atoms with E-state index in [4.69, 9.17) is 5.73 Å². The number of aromatic nitrogens is 3. The molecule has 1 atom stereocenters. The Labute approximate surface area is 97.2 Å². The van der Waals surface area contributed by atoms with Gasteiger partial charge in [0.2, 0.25) is 0 Å². The fraction of sp³-hybridized carbons (Fsp3) is 0.833. The first-order chi connectivity index (χ1) is 7.61. The quantitative estimate of drug-likeness (QED) is 0.854. The van der Waals surface area contributed by atoms with Crippen LogP contribution < -0.4 is 5.73 Å². The van der Waals surface area contributed by atoms with E-state index < -0.39 is 0 Å². The van der Waals surface area contributed by atoms with Gasteiger partial charge in [-0.2, -0.15) is 0 Å². The first kappa shape index (κ1) is 11.6. The average Bonchev–Trinajstić information content (AvgIpc) is 2.84. The first-order valence-corrected chi connectivity index (χ1v) is 6.28. The number of hydrogen-bond donors (Lipinski definition) is 1. The lowest BCUT2D eigenvalue weighted by Crippen LogP contribution is -2.23. The molecule has 4 nitrogen and oxygen atoms in total. The van der Waals surface area contributed by atoms with Gasteiger partial charge in [0.05, 0.1) is 6.04 Å². The van der Waals surface area contributed by atoms with E-state index in [-0.39, 0.29) is 6.04 Å². The summed E-state index contributed by atoms with van der Waals surface area (Å²) in [5, 5.41) is 8.47. The van der Waals surface area contributed by atoms with E-state index in [1.807, 2.05) is 6.92 Å². The van der Waals surface area contributed by atoms with Crippen molar-refractivity contribution >= 4 is 0 Å². The van der Waals surface area contributed by atoms with Gasteiger partial charge in [0.1, 0.15) is 11.6 Å². The topological polar surface area (TPSA) is 56.7 Å². The summed E-state index contributed by atoms with van der Waals surface area (Å²) >= 11 is 0. The van der Waals surface area contributed by atoms with Gasteiger partial charge in [0, 0.05) is 6.04 Å². The number of nitrogens with two attached hydrogens (primary N) is 1. The molecule has 1 aliphatic carbocycles. The Bertz CT molecular complexity index is 350. The molecule has 16 heavy (non-hydrogen) atoms. The summed E-state index contributed by atoms with van der Waals surface area (Å²) in [6.07, 6.45) is 5.13. The van der Waals surface area contributed by atoms with Gasteiger partial charge in [-0.1, -0.05) is 26.7 Å². The van der Waals surface area contributed by atoms with Crippen molar-refractivity contribution in [2.75, 3.05) is 0 Å². The first-order valence-electron chi connectivity index (χ1n) is 6.28. The summed E-state index contributed by atoms with van der Waals surface area (Å²) in [7, 11) is 0. The molecule has 1 saturated carbocycles. The van der Waals surface area contributed by atoms with Crippen molar-refractivity contribution in [3.63, 3.8) is 0 Å². The van der Waals surface area contributed by atoms with Crippen LogP contribution in [0.3, 0.4) is 0 Å². The molecule has 2 rings (SSSR count). The summed E-state index contributed by atoms with van der Waals surface area (Å²) in [6, 6.07) is 0.580. The predicted octanol–water partition coefficient (Wildman–Crippen LogP) is 2.36. The van der Waals surface area contributed by atoms with Crippen LogP contribution in [0.5, 0.6) is 0 Å². The van der Waals surface area contributed by atoms with E-state index in [1.54, 1.807) is 0 Å². The van der Waals surface area contributed by atoms with Crippen molar-refractivity contribution < 1.29 is 0 Å². The maximum Gasteiger partial charge on any atom is 0.150 e. The van der Waals surface area contributed by atoms with Gasteiger partial charge in [-0.15, -0.1) is 10.2 Å². The van der Waals surface area contributed by atoms with Crippen molar-refractivity contribution in [2.45, 2.75) is 58.5 Å². The number of nitrogens with zero attached hydrogens (tertiary/aromatic N) is 3. The van der Waals surface area contributed by atoms with Crippen LogP contribution in [0.15, 0.2) is 0 Å². The molecule has 1 aliphatic rings. The molecule has 0 aromatic carbocycles. The van der Waals surface area contributed by atoms with Crippen LogP contribution in [0.4, 0.5) is 0 Å². The molecule has 1 aromatic rings. The van der Waals surface area contributed by atoms with Crippen LogP contribution in [-0.4, -0.2) is 14.8 Å². The average molecular weight is 222 g/mol. The molecule has 0 unspecified atom stereocenters. The lowest BCUT2D eigenvalue weighted by molar-refractivity contribution is 0.422. The molecule has 0 amide bonds. The fourth-order valence-corrected chi connectivity index (χ4v) is 2.52. The van der Waals surface area contributed by atoms with E-state index in [0.717, 1.165) is 11.6 Å². The summed E-state index contributed by atoms with van der Waals surface area (Å²) in [5.41, 5.74) is 6.20. The van der Waals surface area contributed by atoms with E-state index in [2.05, 4.69) is 28.6 Å². The summed E-state index contributed by atoms with van der Waals surface area (Å²) in [5.74, 6) is 2.39. The van der Waals surface area contributed by atoms with Crippen LogP contribution in [0.2, 0.25) is 0 Å². The zero-order valence-corrected chi connectivity index (χ0v) is 10.5. The molecule has 1 aromatic heterocycles. The SMILES string of the molecule is Cc1nnc([C@H](N)C(C)C)n1C1CCCC1. The second-order valence-electron chi connectivity index (χ2n) is 5.18. The van der Waals surface area contributed by atoms with Crippen molar-refractivity contribution in [2.24, 2.45) is 11.7 Å². The molecule has 4 heteroatoms. The maximum atomic E-state index is 6.20. The minimum absolute atomic E-state index is 0.00167. The monoisotopic (exact) mass is 222 g/mol. The highest BCUT2D eigenvalue weighted by molar-refractivity contribution is 5.03. The molecule has 1 heterocycles. The maximum absolute atomic E-state index is 6.20. The normalized spacial score (nSPS) is 19.6. The van der Waals surface area contributed by atoms with E-state index in [9.17, 15) is 0 Å². The van der Waals surface area contributed by atoms with Crippen molar-refractivity contribution in [1.29, 1.82) is 0 Å². The molecule has 2 N–H and O–H groups in total. The highest BCUT2D eigenvalue weighted by Gasteiger charge is 2.26. The second kappa shape index (κ2) is 4.53. The largest absolute Gasteiger partial charge is 0.321 e. The third-order valence-electron chi connectivity index (χ3n) is 3.60. The Morgan fingerprint density at radius 2 is 1.88 bits per heavy atom. The van der Waals surface area contributed by atoms with Gasteiger partial charge < -0.3 is 10.3 Å². The lowest BCUT2D eigenvalue weighted by atomic mass is 10.0. The Morgan fingerprint density at radius 3 is 2.44 bits per heavy atom. The van der Waals surface area contributed by atoms with Gasteiger partial charge in [-0.3, -0.25) is 0 Å². The second-order valence-corrected chi connectivity index (χ2v) is 5.18. The zero-order chi connectivity index (χ0) is 11.7. The minimum Gasteiger partial charge on any atom is -0.321 e. The van der Waals surface area contributed by atoms with Crippen molar-refractivity contribution in [3.8, 4) is 0 Å². The van der Waals surface area contributed by atoms with E-state index >= 15 is 0 Å². The zero-order valence-electron chi connectivity index (χ0n) is 10.5. The van der Waals surface area contributed by atoms with Gasteiger partial charge in [-0.05, 0) is 25.7 Å². The summed E-state index contributed by atoms with van der Waals surface area (Å²) in [6.45, 7) is 6.29. The Balaban J connectivity index is 2.31. The Morgan fingerprint density at radius 1 is 1.25 bits per heavy atom. The van der Waals surface area contributed by atoms with Crippen LogP contribution in [0.1, 0.15) is 63.3 Å². The number of aryl methyl sites for hydroxylation is 1.